The number of hydrogen-bond donors (Lipinski definition) is 1. The molecule has 116 valence electrons. The lowest BCUT2D eigenvalue weighted by atomic mass is 10.0. The number of amides is 1. The van der Waals surface area contributed by atoms with Crippen molar-refractivity contribution in [3.8, 4) is 0 Å². The molecule has 1 aliphatic heterocycles. The third-order valence-corrected chi connectivity index (χ3v) is 4.01. The number of aromatic nitrogens is 1. The maximum Gasteiger partial charge on any atom is 0.225 e. The Bertz CT molecular complexity index is 484. The van der Waals surface area contributed by atoms with Gasteiger partial charge in [-0.25, -0.2) is 4.39 Å². The molecule has 0 spiro atoms. The van der Waals surface area contributed by atoms with Crippen LogP contribution < -0.4 is 5.32 Å². The van der Waals surface area contributed by atoms with Gasteiger partial charge in [0.2, 0.25) is 5.91 Å². The van der Waals surface area contributed by atoms with Crippen molar-refractivity contribution in [2.24, 2.45) is 5.92 Å². The molecular weight excluding hydrogens is 269 g/mol. The zero-order valence-electron chi connectivity index (χ0n) is 13.0. The van der Waals surface area contributed by atoms with Gasteiger partial charge in [-0.1, -0.05) is 13.8 Å². The van der Waals surface area contributed by atoms with Crippen molar-refractivity contribution < 1.29 is 9.18 Å². The van der Waals surface area contributed by atoms with E-state index in [1.165, 1.54) is 12.3 Å². The van der Waals surface area contributed by atoms with Crippen LogP contribution in [0.15, 0.2) is 18.5 Å². The van der Waals surface area contributed by atoms with Crippen molar-refractivity contribution >= 4 is 5.91 Å². The van der Waals surface area contributed by atoms with Crippen LogP contribution in [0.25, 0.3) is 0 Å². The molecule has 2 heterocycles. The molecule has 0 aromatic carbocycles. The minimum absolute atomic E-state index is 0.0607. The van der Waals surface area contributed by atoms with Gasteiger partial charge in [0.15, 0.2) is 0 Å². The zero-order valence-corrected chi connectivity index (χ0v) is 13.0. The number of likely N-dealkylation sites (tertiary alicyclic amines) is 1. The quantitative estimate of drug-likeness (QED) is 0.928. The van der Waals surface area contributed by atoms with Crippen molar-refractivity contribution in [1.82, 2.24) is 15.2 Å². The highest BCUT2D eigenvalue weighted by Crippen LogP contribution is 2.18. The van der Waals surface area contributed by atoms with Crippen LogP contribution in [-0.4, -0.2) is 34.9 Å². The molecule has 1 atom stereocenters. The van der Waals surface area contributed by atoms with Crippen molar-refractivity contribution in [1.29, 1.82) is 0 Å². The molecule has 0 bridgehead atoms. The molecule has 1 aliphatic rings. The second-order valence-corrected chi connectivity index (χ2v) is 6.08. The van der Waals surface area contributed by atoms with Crippen LogP contribution in [0.1, 0.15) is 45.2 Å². The molecule has 1 N–H and O–H groups in total. The number of halogens is 1. The van der Waals surface area contributed by atoms with Gasteiger partial charge < -0.3 is 10.2 Å². The fraction of sp³-hybridized carbons (Fsp3) is 0.625. The van der Waals surface area contributed by atoms with Gasteiger partial charge in [-0.3, -0.25) is 9.78 Å². The minimum atomic E-state index is -0.307. The highest BCUT2D eigenvalue weighted by molar-refractivity contribution is 5.78. The van der Waals surface area contributed by atoms with E-state index >= 15 is 0 Å². The van der Waals surface area contributed by atoms with Crippen molar-refractivity contribution in [3.63, 3.8) is 0 Å². The summed E-state index contributed by atoms with van der Waals surface area (Å²) in [7, 11) is 0. The summed E-state index contributed by atoms with van der Waals surface area (Å²) in [4.78, 5) is 17.8. The molecule has 5 heteroatoms. The Balaban J connectivity index is 1.85. The molecule has 1 aromatic rings. The van der Waals surface area contributed by atoms with E-state index in [4.69, 9.17) is 0 Å². The fourth-order valence-corrected chi connectivity index (χ4v) is 2.75. The standard InChI is InChI=1S/C16H24FN3O/c1-11(2)16(21)20-6-4-15(5-7-20)19-12(3)13-8-14(17)10-18-9-13/h8-12,15,19H,4-7H2,1-3H3. The lowest BCUT2D eigenvalue weighted by Crippen LogP contribution is -2.46. The zero-order chi connectivity index (χ0) is 15.4. The molecule has 2 rings (SSSR count). The van der Waals surface area contributed by atoms with E-state index in [0.29, 0.717) is 6.04 Å². The number of carbonyl (C=O) groups is 1. The van der Waals surface area contributed by atoms with Gasteiger partial charge in [0.1, 0.15) is 5.82 Å². The highest BCUT2D eigenvalue weighted by atomic mass is 19.1. The van der Waals surface area contributed by atoms with Crippen molar-refractivity contribution in [3.05, 3.63) is 29.8 Å². The smallest absolute Gasteiger partial charge is 0.225 e. The Hall–Kier alpha value is -1.49. The maximum atomic E-state index is 13.2. The predicted octanol–water partition coefficient (Wildman–Crippen LogP) is 2.52. The Morgan fingerprint density at radius 1 is 1.33 bits per heavy atom. The SMILES string of the molecule is CC(C)C(=O)N1CCC(NC(C)c2cncc(F)c2)CC1. The van der Waals surface area contributed by atoms with E-state index in [0.717, 1.165) is 31.5 Å². The van der Waals surface area contributed by atoms with Crippen LogP contribution in [0.4, 0.5) is 4.39 Å². The first-order chi connectivity index (χ1) is 9.97. The van der Waals surface area contributed by atoms with E-state index in [9.17, 15) is 9.18 Å². The van der Waals surface area contributed by atoms with Crippen molar-refractivity contribution in [2.75, 3.05) is 13.1 Å². The lowest BCUT2D eigenvalue weighted by molar-refractivity contribution is -0.135. The number of pyridine rings is 1. The average molecular weight is 293 g/mol. The Kier molecular flexibility index (Phi) is 5.28. The molecule has 1 aromatic heterocycles. The summed E-state index contributed by atoms with van der Waals surface area (Å²) in [5, 5.41) is 3.51. The molecule has 1 fully saturated rings. The van der Waals surface area contributed by atoms with Crippen LogP contribution in [0, 0.1) is 11.7 Å². The van der Waals surface area contributed by atoms with Crippen LogP contribution in [0.5, 0.6) is 0 Å². The summed E-state index contributed by atoms with van der Waals surface area (Å²) >= 11 is 0. The summed E-state index contributed by atoms with van der Waals surface area (Å²) in [6.07, 6.45) is 4.78. The first-order valence-corrected chi connectivity index (χ1v) is 7.62. The molecule has 4 nitrogen and oxygen atoms in total. The van der Waals surface area contributed by atoms with Gasteiger partial charge in [-0.15, -0.1) is 0 Å². The van der Waals surface area contributed by atoms with Gasteiger partial charge in [-0.05, 0) is 31.4 Å². The number of carbonyl (C=O) groups excluding carboxylic acids is 1. The molecule has 0 saturated carbocycles. The van der Waals surface area contributed by atoms with Crippen LogP contribution >= 0.6 is 0 Å². The molecule has 0 aliphatic carbocycles. The van der Waals surface area contributed by atoms with Gasteiger partial charge in [0, 0.05) is 37.3 Å². The van der Waals surface area contributed by atoms with E-state index in [2.05, 4.69) is 10.3 Å². The first kappa shape index (κ1) is 15.9. The maximum absolute atomic E-state index is 13.2. The second kappa shape index (κ2) is 6.98. The van der Waals surface area contributed by atoms with E-state index in [-0.39, 0.29) is 23.7 Å². The Labute approximate surface area is 125 Å². The summed E-state index contributed by atoms with van der Waals surface area (Å²) in [6, 6.07) is 1.94. The molecule has 1 amide bonds. The summed E-state index contributed by atoms with van der Waals surface area (Å²) in [5.74, 6) is -0.0128. The number of nitrogens with one attached hydrogen (secondary N) is 1. The van der Waals surface area contributed by atoms with Crippen LogP contribution in [-0.2, 0) is 4.79 Å². The monoisotopic (exact) mass is 293 g/mol. The Morgan fingerprint density at radius 2 is 2.00 bits per heavy atom. The number of hydrogen-bond acceptors (Lipinski definition) is 3. The topological polar surface area (TPSA) is 45.2 Å². The summed E-state index contributed by atoms with van der Waals surface area (Å²) in [6.45, 7) is 7.48. The van der Waals surface area contributed by atoms with E-state index < -0.39 is 0 Å². The predicted molar refractivity (Wildman–Crippen MR) is 80.2 cm³/mol. The minimum Gasteiger partial charge on any atom is -0.342 e. The van der Waals surface area contributed by atoms with E-state index in [1.54, 1.807) is 6.20 Å². The Morgan fingerprint density at radius 3 is 2.57 bits per heavy atom. The molecular formula is C16H24FN3O. The first-order valence-electron chi connectivity index (χ1n) is 7.62. The van der Waals surface area contributed by atoms with E-state index in [1.807, 2.05) is 25.7 Å². The van der Waals surface area contributed by atoms with Gasteiger partial charge in [-0.2, -0.15) is 0 Å². The summed E-state index contributed by atoms with van der Waals surface area (Å²) < 4.78 is 13.2. The average Bonchev–Trinajstić information content (AvgIpc) is 2.47. The number of piperidine rings is 1. The summed E-state index contributed by atoms with van der Waals surface area (Å²) in [5.41, 5.74) is 0.857. The van der Waals surface area contributed by atoms with Crippen LogP contribution in [0.3, 0.4) is 0 Å². The highest BCUT2D eigenvalue weighted by Gasteiger charge is 2.25. The van der Waals surface area contributed by atoms with Crippen LogP contribution in [0.2, 0.25) is 0 Å². The molecule has 1 unspecified atom stereocenters. The molecule has 1 saturated heterocycles. The third-order valence-electron chi connectivity index (χ3n) is 4.01. The largest absolute Gasteiger partial charge is 0.342 e. The second-order valence-electron chi connectivity index (χ2n) is 6.08. The lowest BCUT2D eigenvalue weighted by Gasteiger charge is -2.34. The third kappa shape index (κ3) is 4.24. The number of rotatable bonds is 4. The fourth-order valence-electron chi connectivity index (χ4n) is 2.75. The molecule has 0 radical (unpaired) electrons. The normalized spacial score (nSPS) is 18.0. The van der Waals surface area contributed by atoms with Crippen molar-refractivity contribution in [2.45, 2.75) is 45.7 Å². The van der Waals surface area contributed by atoms with Gasteiger partial charge in [0.05, 0.1) is 6.20 Å². The van der Waals surface area contributed by atoms with Gasteiger partial charge in [0.25, 0.3) is 0 Å². The number of nitrogens with zero attached hydrogens (tertiary/aromatic N) is 2. The van der Waals surface area contributed by atoms with Gasteiger partial charge >= 0.3 is 0 Å². The molecule has 21 heavy (non-hydrogen) atoms.